The lowest BCUT2D eigenvalue weighted by molar-refractivity contribution is 0.102. The number of aromatic nitrogens is 1. The lowest BCUT2D eigenvalue weighted by Crippen LogP contribution is -2.32. The molecule has 0 radical (unpaired) electrons. The predicted molar refractivity (Wildman–Crippen MR) is 101 cm³/mol. The molecule has 1 aromatic carbocycles. The van der Waals surface area contributed by atoms with Gasteiger partial charge in [0.05, 0.1) is 12.8 Å². The molecule has 0 spiro atoms. The van der Waals surface area contributed by atoms with E-state index < -0.39 is 0 Å². The molecule has 1 N–H and O–H groups in total. The summed E-state index contributed by atoms with van der Waals surface area (Å²) in [5, 5.41) is 5.56. The molecule has 2 heterocycles. The van der Waals surface area contributed by atoms with E-state index in [9.17, 15) is 4.79 Å². The molecular weight excluding hydrogens is 334 g/mol. The van der Waals surface area contributed by atoms with Crippen LogP contribution in [-0.2, 0) is 6.54 Å². The van der Waals surface area contributed by atoms with Crippen molar-refractivity contribution in [2.24, 2.45) is 5.92 Å². The molecule has 1 aliphatic rings. The smallest absolute Gasteiger partial charge is 0.257 e. The molecule has 0 aliphatic carbocycles. The Kier molecular flexibility index (Phi) is 5.71. The van der Waals surface area contributed by atoms with Gasteiger partial charge in [-0.15, -0.1) is 11.3 Å². The molecule has 1 fully saturated rings. The van der Waals surface area contributed by atoms with E-state index >= 15 is 0 Å². The molecular formula is C19H25N3O2S. The van der Waals surface area contributed by atoms with Gasteiger partial charge in [-0.05, 0) is 56.5 Å². The first kappa shape index (κ1) is 17.9. The minimum atomic E-state index is -0.161. The van der Waals surface area contributed by atoms with Gasteiger partial charge < -0.3 is 4.74 Å². The van der Waals surface area contributed by atoms with Gasteiger partial charge in [0.1, 0.15) is 5.75 Å². The molecule has 1 saturated heterocycles. The highest BCUT2D eigenvalue weighted by Gasteiger charge is 2.17. The Hall–Kier alpha value is -1.92. The average Bonchev–Trinajstić information content (AvgIpc) is 3.04. The third-order valence-corrected chi connectivity index (χ3v) is 5.51. The van der Waals surface area contributed by atoms with Crippen molar-refractivity contribution < 1.29 is 9.53 Å². The minimum Gasteiger partial charge on any atom is -0.496 e. The summed E-state index contributed by atoms with van der Waals surface area (Å²) in [5.41, 5.74) is 2.60. The Morgan fingerprint density at radius 2 is 2.16 bits per heavy atom. The normalized spacial score (nSPS) is 16.0. The van der Waals surface area contributed by atoms with E-state index in [1.54, 1.807) is 19.2 Å². The van der Waals surface area contributed by atoms with Gasteiger partial charge in [-0.25, -0.2) is 4.98 Å². The molecule has 1 aromatic heterocycles. The number of carbonyl (C=O) groups is 1. The molecule has 0 atom stereocenters. The zero-order chi connectivity index (χ0) is 17.8. The fourth-order valence-corrected chi connectivity index (χ4v) is 3.71. The topological polar surface area (TPSA) is 54.5 Å². The first-order chi connectivity index (χ1) is 12.0. The highest BCUT2D eigenvalue weighted by Crippen LogP contribution is 2.23. The van der Waals surface area contributed by atoms with Crippen molar-refractivity contribution in [1.82, 2.24) is 9.88 Å². The molecule has 6 heteroatoms. The number of carbonyl (C=O) groups excluding carboxylic acids is 1. The summed E-state index contributed by atoms with van der Waals surface area (Å²) in [6, 6.07) is 5.45. The number of hydrogen-bond acceptors (Lipinski definition) is 5. The van der Waals surface area contributed by atoms with Crippen LogP contribution < -0.4 is 10.1 Å². The van der Waals surface area contributed by atoms with Crippen LogP contribution in [0.3, 0.4) is 0 Å². The van der Waals surface area contributed by atoms with E-state index in [0.717, 1.165) is 36.8 Å². The van der Waals surface area contributed by atoms with Crippen molar-refractivity contribution in [3.05, 3.63) is 40.4 Å². The Morgan fingerprint density at radius 3 is 2.88 bits per heavy atom. The Balaban J connectivity index is 1.60. The molecule has 2 aromatic rings. The molecule has 3 rings (SSSR count). The highest BCUT2D eigenvalue weighted by atomic mass is 32.1. The zero-order valence-corrected chi connectivity index (χ0v) is 15.9. The lowest BCUT2D eigenvalue weighted by Gasteiger charge is -2.29. The number of piperidine rings is 1. The van der Waals surface area contributed by atoms with Crippen LogP contribution in [0.15, 0.2) is 23.6 Å². The number of nitrogens with one attached hydrogen (secondary N) is 1. The summed E-state index contributed by atoms with van der Waals surface area (Å²) in [6.45, 7) is 7.38. The summed E-state index contributed by atoms with van der Waals surface area (Å²) >= 11 is 1.47. The van der Waals surface area contributed by atoms with E-state index in [1.165, 1.54) is 24.2 Å². The minimum absolute atomic E-state index is 0.161. The van der Waals surface area contributed by atoms with E-state index in [-0.39, 0.29) is 5.91 Å². The number of methoxy groups -OCH3 is 1. The molecule has 1 amide bonds. The first-order valence-electron chi connectivity index (χ1n) is 8.68. The largest absolute Gasteiger partial charge is 0.496 e. The number of amides is 1. The number of benzene rings is 1. The van der Waals surface area contributed by atoms with Gasteiger partial charge in [0.2, 0.25) is 0 Å². The predicted octanol–water partition coefficient (Wildman–Crippen LogP) is 3.94. The summed E-state index contributed by atoms with van der Waals surface area (Å²) in [6.07, 6.45) is 2.51. The number of anilines is 1. The SMILES string of the molecule is COc1cc(C(=O)Nc2nc(CN3CCC(C)CC3)cs2)ccc1C. The lowest BCUT2D eigenvalue weighted by atomic mass is 9.99. The van der Waals surface area contributed by atoms with Crippen molar-refractivity contribution in [2.75, 3.05) is 25.5 Å². The first-order valence-corrected chi connectivity index (χ1v) is 9.56. The van der Waals surface area contributed by atoms with Crippen molar-refractivity contribution in [1.29, 1.82) is 0 Å². The van der Waals surface area contributed by atoms with E-state index in [1.807, 2.05) is 18.4 Å². The van der Waals surface area contributed by atoms with Crippen LogP contribution in [0.2, 0.25) is 0 Å². The van der Waals surface area contributed by atoms with Crippen LogP contribution in [-0.4, -0.2) is 36.0 Å². The maximum absolute atomic E-state index is 12.4. The third kappa shape index (κ3) is 4.58. The molecule has 5 nitrogen and oxygen atoms in total. The molecule has 134 valence electrons. The quantitative estimate of drug-likeness (QED) is 0.878. The Morgan fingerprint density at radius 1 is 1.40 bits per heavy atom. The van der Waals surface area contributed by atoms with Gasteiger partial charge in [-0.3, -0.25) is 15.0 Å². The van der Waals surface area contributed by atoms with E-state index in [2.05, 4.69) is 22.1 Å². The molecule has 1 aliphatic heterocycles. The van der Waals surface area contributed by atoms with Gasteiger partial charge in [0.15, 0.2) is 5.13 Å². The second kappa shape index (κ2) is 7.97. The second-order valence-electron chi connectivity index (χ2n) is 6.74. The van der Waals surface area contributed by atoms with E-state index in [4.69, 9.17) is 4.74 Å². The number of thiazole rings is 1. The van der Waals surface area contributed by atoms with Crippen LogP contribution >= 0.6 is 11.3 Å². The van der Waals surface area contributed by atoms with Crippen LogP contribution in [0.25, 0.3) is 0 Å². The maximum Gasteiger partial charge on any atom is 0.257 e. The number of rotatable bonds is 5. The van der Waals surface area contributed by atoms with Crippen LogP contribution in [0, 0.1) is 12.8 Å². The van der Waals surface area contributed by atoms with Crippen molar-refractivity contribution in [3.8, 4) is 5.75 Å². The summed E-state index contributed by atoms with van der Waals surface area (Å²) in [5.74, 6) is 1.38. The number of hydrogen-bond donors (Lipinski definition) is 1. The fraction of sp³-hybridized carbons (Fsp3) is 0.474. The van der Waals surface area contributed by atoms with Crippen LogP contribution in [0.4, 0.5) is 5.13 Å². The number of nitrogens with zero attached hydrogens (tertiary/aromatic N) is 2. The van der Waals surface area contributed by atoms with E-state index in [0.29, 0.717) is 16.4 Å². The Labute approximate surface area is 153 Å². The van der Waals surface area contributed by atoms with Gasteiger partial charge in [-0.1, -0.05) is 13.0 Å². The van der Waals surface area contributed by atoms with Crippen LogP contribution in [0.5, 0.6) is 5.75 Å². The fourth-order valence-electron chi connectivity index (χ4n) is 3.02. The van der Waals surface area contributed by atoms with Crippen molar-refractivity contribution in [3.63, 3.8) is 0 Å². The van der Waals surface area contributed by atoms with Crippen molar-refractivity contribution in [2.45, 2.75) is 33.2 Å². The zero-order valence-electron chi connectivity index (χ0n) is 15.0. The molecule has 0 bridgehead atoms. The van der Waals surface area contributed by atoms with Crippen molar-refractivity contribution >= 4 is 22.4 Å². The van der Waals surface area contributed by atoms with Gasteiger partial charge in [0, 0.05) is 17.5 Å². The molecule has 0 unspecified atom stereocenters. The summed E-state index contributed by atoms with van der Waals surface area (Å²) in [4.78, 5) is 19.4. The average molecular weight is 359 g/mol. The number of aryl methyl sites for hydroxylation is 1. The standard InChI is InChI=1S/C19H25N3O2S/c1-13-6-8-22(9-7-13)11-16-12-25-19(20-16)21-18(23)15-5-4-14(2)17(10-15)24-3/h4-5,10,12-13H,6-9,11H2,1-3H3,(H,20,21,23). The van der Waals surface area contributed by atoms with Crippen LogP contribution in [0.1, 0.15) is 41.4 Å². The maximum atomic E-state index is 12.4. The number of likely N-dealkylation sites (tertiary alicyclic amines) is 1. The number of ether oxygens (including phenoxy) is 1. The highest BCUT2D eigenvalue weighted by molar-refractivity contribution is 7.13. The Bertz CT molecular complexity index is 736. The molecule has 25 heavy (non-hydrogen) atoms. The monoisotopic (exact) mass is 359 g/mol. The second-order valence-corrected chi connectivity index (χ2v) is 7.60. The van der Waals surface area contributed by atoms with Gasteiger partial charge in [0.25, 0.3) is 5.91 Å². The summed E-state index contributed by atoms with van der Waals surface area (Å²) < 4.78 is 5.28. The summed E-state index contributed by atoms with van der Waals surface area (Å²) in [7, 11) is 1.61. The molecule has 0 saturated carbocycles. The van der Waals surface area contributed by atoms with Gasteiger partial charge in [-0.2, -0.15) is 0 Å². The van der Waals surface area contributed by atoms with Gasteiger partial charge >= 0.3 is 0 Å². The third-order valence-electron chi connectivity index (χ3n) is 4.70.